The van der Waals surface area contributed by atoms with E-state index in [1.54, 1.807) is 12.1 Å². The van der Waals surface area contributed by atoms with Gasteiger partial charge in [0.05, 0.1) is 0 Å². The second kappa shape index (κ2) is 5.73. The Bertz CT molecular complexity index is 749. The van der Waals surface area contributed by atoms with Crippen molar-refractivity contribution < 1.29 is 5.11 Å². The quantitative estimate of drug-likeness (QED) is 0.804. The van der Waals surface area contributed by atoms with Crippen LogP contribution in [0.4, 0.5) is 11.4 Å². The SMILES string of the molecule is C[C@@H]1CC(C)(C)N(C)c2ccc(C=Nc3ccccc3O)cc21. The third-order valence-electron chi connectivity index (χ3n) is 4.89. The molecule has 2 aromatic carbocycles. The van der Waals surface area contributed by atoms with Crippen LogP contribution in [0.5, 0.6) is 5.75 Å². The average molecular weight is 308 g/mol. The molecule has 0 unspecified atom stereocenters. The number of phenols is 1. The Hall–Kier alpha value is -2.29. The number of rotatable bonds is 2. The Kier molecular flexibility index (Phi) is 3.88. The minimum atomic E-state index is 0.178. The van der Waals surface area contributed by atoms with Crippen molar-refractivity contribution in [2.75, 3.05) is 11.9 Å². The number of benzene rings is 2. The van der Waals surface area contributed by atoms with E-state index in [1.807, 2.05) is 18.3 Å². The summed E-state index contributed by atoms with van der Waals surface area (Å²) in [5.74, 6) is 0.728. The monoisotopic (exact) mass is 308 g/mol. The van der Waals surface area contributed by atoms with E-state index in [-0.39, 0.29) is 11.3 Å². The lowest BCUT2D eigenvalue weighted by Crippen LogP contribution is -2.45. The lowest BCUT2D eigenvalue weighted by Gasteiger charge is -2.45. The molecule has 1 heterocycles. The summed E-state index contributed by atoms with van der Waals surface area (Å²) in [6, 6.07) is 13.6. The highest BCUT2D eigenvalue weighted by Gasteiger charge is 2.33. The zero-order chi connectivity index (χ0) is 16.6. The maximum Gasteiger partial charge on any atom is 0.141 e. The summed E-state index contributed by atoms with van der Waals surface area (Å²) in [5.41, 5.74) is 4.50. The molecule has 1 atom stereocenters. The number of nitrogens with zero attached hydrogens (tertiary/aromatic N) is 2. The van der Waals surface area contributed by atoms with Gasteiger partial charge in [-0.25, -0.2) is 0 Å². The van der Waals surface area contributed by atoms with Crippen LogP contribution >= 0.6 is 0 Å². The summed E-state index contributed by atoms with van der Waals surface area (Å²) in [4.78, 5) is 6.78. The number of fused-ring (bicyclic) bond motifs is 1. The van der Waals surface area contributed by atoms with Gasteiger partial charge in [-0.15, -0.1) is 0 Å². The first-order valence-electron chi connectivity index (χ1n) is 8.08. The van der Waals surface area contributed by atoms with Gasteiger partial charge in [0.15, 0.2) is 0 Å². The molecule has 0 radical (unpaired) electrons. The predicted octanol–water partition coefficient (Wildman–Crippen LogP) is 4.86. The Labute approximate surface area is 138 Å². The van der Waals surface area contributed by atoms with E-state index in [9.17, 15) is 5.11 Å². The van der Waals surface area contributed by atoms with Gasteiger partial charge in [0, 0.05) is 24.5 Å². The molecule has 1 N–H and O–H groups in total. The van der Waals surface area contributed by atoms with Crippen LogP contribution in [-0.4, -0.2) is 23.9 Å². The second-order valence-corrected chi connectivity index (χ2v) is 7.04. The zero-order valence-corrected chi connectivity index (χ0v) is 14.2. The Morgan fingerprint density at radius 1 is 1.22 bits per heavy atom. The molecule has 23 heavy (non-hydrogen) atoms. The van der Waals surface area contributed by atoms with E-state index < -0.39 is 0 Å². The normalized spacial score (nSPS) is 19.8. The van der Waals surface area contributed by atoms with Gasteiger partial charge in [-0.05, 0) is 61.6 Å². The fourth-order valence-corrected chi connectivity index (χ4v) is 3.39. The Morgan fingerprint density at radius 2 is 1.96 bits per heavy atom. The van der Waals surface area contributed by atoms with Gasteiger partial charge < -0.3 is 10.0 Å². The number of aromatic hydroxyl groups is 1. The molecule has 0 saturated heterocycles. The summed E-state index contributed by atoms with van der Waals surface area (Å²) in [6.45, 7) is 6.87. The highest BCUT2D eigenvalue weighted by atomic mass is 16.3. The first-order chi connectivity index (χ1) is 10.9. The van der Waals surface area contributed by atoms with Crippen molar-refractivity contribution in [1.29, 1.82) is 0 Å². The molecule has 3 nitrogen and oxygen atoms in total. The van der Waals surface area contributed by atoms with Gasteiger partial charge in [0.2, 0.25) is 0 Å². The summed E-state index contributed by atoms with van der Waals surface area (Å²) >= 11 is 0. The number of anilines is 1. The van der Waals surface area contributed by atoms with Crippen molar-refractivity contribution >= 4 is 17.6 Å². The maximum absolute atomic E-state index is 9.79. The van der Waals surface area contributed by atoms with Crippen LogP contribution in [0.2, 0.25) is 0 Å². The van der Waals surface area contributed by atoms with E-state index in [0.717, 1.165) is 12.0 Å². The lowest BCUT2D eigenvalue weighted by molar-refractivity contribution is 0.395. The summed E-state index contributed by atoms with van der Waals surface area (Å²) < 4.78 is 0. The summed E-state index contributed by atoms with van der Waals surface area (Å²) in [7, 11) is 2.17. The van der Waals surface area contributed by atoms with Crippen molar-refractivity contribution in [2.45, 2.75) is 38.6 Å². The first-order valence-corrected chi connectivity index (χ1v) is 8.08. The van der Waals surface area contributed by atoms with Gasteiger partial charge in [0.1, 0.15) is 11.4 Å². The van der Waals surface area contributed by atoms with E-state index in [1.165, 1.54) is 11.3 Å². The largest absolute Gasteiger partial charge is 0.506 e. The molecule has 0 bridgehead atoms. The third-order valence-corrected chi connectivity index (χ3v) is 4.89. The Balaban J connectivity index is 1.93. The molecule has 2 aromatic rings. The molecule has 0 spiro atoms. The number of para-hydroxylation sites is 2. The number of hydrogen-bond acceptors (Lipinski definition) is 3. The van der Waals surface area contributed by atoms with Gasteiger partial charge in [-0.3, -0.25) is 4.99 Å². The third kappa shape index (κ3) is 2.96. The minimum absolute atomic E-state index is 0.178. The van der Waals surface area contributed by atoms with Crippen LogP contribution in [-0.2, 0) is 0 Å². The lowest BCUT2D eigenvalue weighted by atomic mass is 9.80. The molecule has 1 aliphatic rings. The molecule has 0 aliphatic carbocycles. The van der Waals surface area contributed by atoms with E-state index in [0.29, 0.717) is 11.6 Å². The molecule has 1 aliphatic heterocycles. The van der Waals surface area contributed by atoms with Crippen LogP contribution in [0.1, 0.15) is 44.2 Å². The van der Waals surface area contributed by atoms with Gasteiger partial charge in [-0.2, -0.15) is 0 Å². The van der Waals surface area contributed by atoms with Crippen LogP contribution in [0.3, 0.4) is 0 Å². The maximum atomic E-state index is 9.79. The highest BCUT2D eigenvalue weighted by molar-refractivity contribution is 5.84. The van der Waals surface area contributed by atoms with Crippen LogP contribution in [0.25, 0.3) is 0 Å². The van der Waals surface area contributed by atoms with Crippen molar-refractivity contribution in [2.24, 2.45) is 4.99 Å². The number of hydrogen-bond donors (Lipinski definition) is 1. The minimum Gasteiger partial charge on any atom is -0.506 e. The Morgan fingerprint density at radius 3 is 2.70 bits per heavy atom. The average Bonchev–Trinajstić information content (AvgIpc) is 2.51. The molecular weight excluding hydrogens is 284 g/mol. The molecule has 0 fully saturated rings. The molecular formula is C20H24N2O. The summed E-state index contributed by atoms with van der Waals surface area (Å²) in [5, 5.41) is 9.79. The molecule has 0 saturated carbocycles. The second-order valence-electron chi connectivity index (χ2n) is 7.04. The molecule has 3 heteroatoms. The van der Waals surface area contributed by atoms with E-state index in [2.05, 4.69) is 55.9 Å². The van der Waals surface area contributed by atoms with Crippen LogP contribution in [0.15, 0.2) is 47.5 Å². The smallest absolute Gasteiger partial charge is 0.141 e. The van der Waals surface area contributed by atoms with Crippen molar-refractivity contribution in [3.8, 4) is 5.75 Å². The molecule has 0 amide bonds. The predicted molar refractivity (Wildman–Crippen MR) is 97.3 cm³/mol. The van der Waals surface area contributed by atoms with Gasteiger partial charge in [-0.1, -0.05) is 25.1 Å². The highest BCUT2D eigenvalue weighted by Crippen LogP contribution is 2.42. The molecule has 3 rings (SSSR count). The zero-order valence-electron chi connectivity index (χ0n) is 14.2. The van der Waals surface area contributed by atoms with Crippen LogP contribution < -0.4 is 4.90 Å². The van der Waals surface area contributed by atoms with Gasteiger partial charge in [0.25, 0.3) is 0 Å². The fourth-order valence-electron chi connectivity index (χ4n) is 3.39. The van der Waals surface area contributed by atoms with E-state index in [4.69, 9.17) is 0 Å². The summed E-state index contributed by atoms with van der Waals surface area (Å²) in [6.07, 6.45) is 2.96. The van der Waals surface area contributed by atoms with Crippen molar-refractivity contribution in [3.63, 3.8) is 0 Å². The van der Waals surface area contributed by atoms with Gasteiger partial charge >= 0.3 is 0 Å². The van der Waals surface area contributed by atoms with Crippen molar-refractivity contribution in [3.05, 3.63) is 53.6 Å². The number of phenolic OH excluding ortho intramolecular Hbond substituents is 1. The number of aliphatic imine (C=N–C) groups is 1. The molecule has 120 valence electrons. The first kappa shape index (κ1) is 15.6. The standard InChI is InChI=1S/C20H24N2O/c1-14-12-20(2,3)22(4)18-10-9-15(11-16(14)18)13-21-17-7-5-6-8-19(17)23/h5-11,13-14,23H,12H2,1-4H3/t14-/m1/s1. The van der Waals surface area contributed by atoms with Crippen LogP contribution in [0, 0.1) is 0 Å². The van der Waals surface area contributed by atoms with Crippen molar-refractivity contribution in [1.82, 2.24) is 0 Å². The topological polar surface area (TPSA) is 35.8 Å². The molecule has 0 aromatic heterocycles. The fraction of sp³-hybridized carbons (Fsp3) is 0.350. The van der Waals surface area contributed by atoms with E-state index >= 15 is 0 Å².